The van der Waals surface area contributed by atoms with Gasteiger partial charge in [-0.05, 0) is 57.9 Å². The number of halogens is 4. The van der Waals surface area contributed by atoms with E-state index < -0.39 is 0 Å². The van der Waals surface area contributed by atoms with Crippen LogP contribution in [-0.4, -0.2) is 22.3 Å². The summed E-state index contributed by atoms with van der Waals surface area (Å²) in [5, 5.41) is 8.63. The zero-order chi connectivity index (χ0) is 19.4. The lowest BCUT2D eigenvalue weighted by molar-refractivity contribution is -0.118. The maximum atomic E-state index is 12.1. The molecular formula is C18H13BrCl3N3O2. The molecule has 0 radical (unpaired) electrons. The lowest BCUT2D eigenvalue weighted by atomic mass is 10.2. The van der Waals surface area contributed by atoms with E-state index in [9.17, 15) is 4.79 Å². The molecule has 0 atom stereocenters. The Bertz CT molecular complexity index is 961. The summed E-state index contributed by atoms with van der Waals surface area (Å²) in [7, 11) is 0. The Morgan fingerprint density at radius 1 is 1.11 bits per heavy atom. The molecule has 0 fully saturated rings. The number of amides is 1. The van der Waals surface area contributed by atoms with E-state index in [1.54, 1.807) is 47.3 Å². The number of carbonyl (C=O) groups excluding carboxylic acids is 1. The molecule has 0 unspecified atom stereocenters. The fourth-order valence-corrected chi connectivity index (χ4v) is 3.10. The van der Waals surface area contributed by atoms with Crippen molar-refractivity contribution in [3.63, 3.8) is 0 Å². The van der Waals surface area contributed by atoms with Crippen LogP contribution in [0.5, 0.6) is 5.75 Å². The summed E-state index contributed by atoms with van der Waals surface area (Å²) in [5.41, 5.74) is 0.934. The van der Waals surface area contributed by atoms with Crippen molar-refractivity contribution in [2.24, 2.45) is 0 Å². The molecule has 27 heavy (non-hydrogen) atoms. The lowest BCUT2D eigenvalue weighted by Crippen LogP contribution is -2.20. The monoisotopic (exact) mass is 487 g/mol. The minimum Gasteiger partial charge on any atom is -0.484 e. The molecule has 0 spiro atoms. The van der Waals surface area contributed by atoms with E-state index in [0.29, 0.717) is 37.7 Å². The molecule has 140 valence electrons. The maximum Gasteiger partial charge on any atom is 0.263 e. The van der Waals surface area contributed by atoms with E-state index >= 15 is 0 Å². The highest BCUT2D eigenvalue weighted by molar-refractivity contribution is 9.10. The maximum absolute atomic E-state index is 12.1. The molecule has 0 saturated heterocycles. The lowest BCUT2D eigenvalue weighted by Gasteiger charge is -2.06. The minimum absolute atomic E-state index is 0.145. The first-order chi connectivity index (χ1) is 12.9. The Hall–Kier alpha value is -1.73. The Kier molecular flexibility index (Phi) is 6.65. The van der Waals surface area contributed by atoms with Crippen LogP contribution in [0.25, 0.3) is 0 Å². The smallest absolute Gasteiger partial charge is 0.263 e. The van der Waals surface area contributed by atoms with Crippen molar-refractivity contribution in [1.82, 2.24) is 9.78 Å². The molecule has 0 saturated carbocycles. The number of anilines is 1. The number of aromatic nitrogens is 2. The number of rotatable bonds is 6. The van der Waals surface area contributed by atoms with Crippen molar-refractivity contribution in [2.75, 3.05) is 11.9 Å². The van der Waals surface area contributed by atoms with Gasteiger partial charge in [0.25, 0.3) is 5.91 Å². The number of hydrogen-bond acceptors (Lipinski definition) is 3. The van der Waals surface area contributed by atoms with Crippen LogP contribution >= 0.6 is 50.7 Å². The summed E-state index contributed by atoms with van der Waals surface area (Å²) in [6.45, 7) is 0.334. The van der Waals surface area contributed by atoms with Crippen molar-refractivity contribution in [1.29, 1.82) is 0 Å². The van der Waals surface area contributed by atoms with Crippen molar-refractivity contribution in [3.8, 4) is 5.75 Å². The number of nitrogens with one attached hydrogen (secondary N) is 1. The van der Waals surface area contributed by atoms with E-state index in [0.717, 1.165) is 5.56 Å². The van der Waals surface area contributed by atoms with Gasteiger partial charge in [-0.2, -0.15) is 5.10 Å². The highest BCUT2D eigenvalue weighted by Crippen LogP contribution is 2.24. The van der Waals surface area contributed by atoms with Gasteiger partial charge in [-0.25, -0.2) is 0 Å². The van der Waals surface area contributed by atoms with Crippen molar-refractivity contribution >= 4 is 62.5 Å². The molecule has 0 aliphatic rings. The predicted octanol–water partition coefficient (Wildman–Crippen LogP) is 5.67. The van der Waals surface area contributed by atoms with Gasteiger partial charge in [-0.1, -0.05) is 40.9 Å². The number of benzene rings is 2. The average molecular weight is 490 g/mol. The largest absolute Gasteiger partial charge is 0.484 e. The predicted molar refractivity (Wildman–Crippen MR) is 111 cm³/mol. The van der Waals surface area contributed by atoms with Gasteiger partial charge >= 0.3 is 0 Å². The second kappa shape index (κ2) is 8.97. The van der Waals surface area contributed by atoms with Crippen LogP contribution in [0.2, 0.25) is 15.1 Å². The quantitative estimate of drug-likeness (QED) is 0.485. The summed E-state index contributed by atoms with van der Waals surface area (Å²) >= 11 is 21.2. The van der Waals surface area contributed by atoms with Crippen LogP contribution in [0.3, 0.4) is 0 Å². The molecule has 1 aromatic heterocycles. The Balaban J connectivity index is 1.59. The zero-order valence-electron chi connectivity index (χ0n) is 13.8. The van der Waals surface area contributed by atoms with E-state index in [-0.39, 0.29) is 12.5 Å². The molecule has 1 heterocycles. The number of carbonyl (C=O) groups is 1. The first-order valence-corrected chi connectivity index (χ1v) is 9.68. The molecule has 1 N–H and O–H groups in total. The van der Waals surface area contributed by atoms with Crippen LogP contribution in [0.15, 0.2) is 53.1 Å². The normalized spacial score (nSPS) is 10.7. The van der Waals surface area contributed by atoms with Gasteiger partial charge in [-0.15, -0.1) is 0 Å². The highest BCUT2D eigenvalue weighted by atomic mass is 79.9. The van der Waals surface area contributed by atoms with Gasteiger partial charge in [0, 0.05) is 11.2 Å². The van der Waals surface area contributed by atoms with E-state index in [1.807, 2.05) is 6.07 Å². The second-order valence-electron chi connectivity index (χ2n) is 5.56. The minimum atomic E-state index is -0.328. The summed E-state index contributed by atoms with van der Waals surface area (Å²) in [5.74, 6) is 0.629. The Morgan fingerprint density at radius 2 is 1.85 bits per heavy atom. The standard InChI is InChI=1S/C18H13BrCl3N3O2/c19-14-9-25(8-11-1-6-15(21)16(22)7-11)24-18(14)23-17(26)10-27-13-4-2-12(20)3-5-13/h1-7,9H,8,10H2,(H,23,24,26). The summed E-state index contributed by atoms with van der Waals surface area (Å²) in [6.07, 6.45) is 1.76. The summed E-state index contributed by atoms with van der Waals surface area (Å²) in [4.78, 5) is 12.1. The Labute approximate surface area is 179 Å². The van der Waals surface area contributed by atoms with Crippen LogP contribution in [0, 0.1) is 0 Å². The SMILES string of the molecule is O=C(COc1ccc(Cl)cc1)Nc1nn(Cc2ccc(Cl)c(Cl)c2)cc1Br. The van der Waals surface area contributed by atoms with Crippen LogP contribution < -0.4 is 10.1 Å². The summed E-state index contributed by atoms with van der Waals surface area (Å²) in [6, 6.07) is 12.1. The van der Waals surface area contributed by atoms with Gasteiger partial charge in [0.2, 0.25) is 0 Å². The van der Waals surface area contributed by atoms with E-state index in [1.165, 1.54) is 0 Å². The van der Waals surface area contributed by atoms with Gasteiger partial charge < -0.3 is 10.1 Å². The second-order valence-corrected chi connectivity index (χ2v) is 7.67. The van der Waals surface area contributed by atoms with Crippen molar-refractivity contribution in [3.05, 3.63) is 73.8 Å². The van der Waals surface area contributed by atoms with Gasteiger partial charge in [-0.3, -0.25) is 9.48 Å². The fraction of sp³-hybridized carbons (Fsp3) is 0.111. The van der Waals surface area contributed by atoms with Gasteiger partial charge in [0.15, 0.2) is 12.4 Å². The molecule has 0 aliphatic carbocycles. The zero-order valence-corrected chi connectivity index (χ0v) is 17.6. The van der Waals surface area contributed by atoms with Crippen LogP contribution in [0.4, 0.5) is 5.82 Å². The van der Waals surface area contributed by atoms with Crippen LogP contribution in [0.1, 0.15) is 5.56 Å². The first kappa shape index (κ1) is 20.0. The third-order valence-electron chi connectivity index (χ3n) is 3.49. The molecule has 2 aromatic carbocycles. The van der Waals surface area contributed by atoms with E-state index in [2.05, 4.69) is 26.3 Å². The molecule has 3 rings (SSSR count). The average Bonchev–Trinajstić information content (AvgIpc) is 2.96. The van der Waals surface area contributed by atoms with Gasteiger partial charge in [0.05, 0.1) is 21.1 Å². The topological polar surface area (TPSA) is 56.1 Å². The fourth-order valence-electron chi connectivity index (χ4n) is 2.24. The van der Waals surface area contributed by atoms with E-state index in [4.69, 9.17) is 39.5 Å². The molecule has 0 aliphatic heterocycles. The van der Waals surface area contributed by atoms with Gasteiger partial charge in [0.1, 0.15) is 5.75 Å². The summed E-state index contributed by atoms with van der Waals surface area (Å²) < 4.78 is 7.75. The first-order valence-electron chi connectivity index (χ1n) is 7.76. The number of ether oxygens (including phenoxy) is 1. The molecule has 0 bridgehead atoms. The number of nitrogens with zero attached hydrogens (tertiary/aromatic N) is 2. The third-order valence-corrected chi connectivity index (χ3v) is 5.06. The number of hydrogen-bond donors (Lipinski definition) is 1. The molecule has 1 amide bonds. The molecule has 3 aromatic rings. The molecular weight excluding hydrogens is 476 g/mol. The van der Waals surface area contributed by atoms with Crippen LogP contribution in [-0.2, 0) is 11.3 Å². The molecule has 9 heteroatoms. The van der Waals surface area contributed by atoms with Crippen molar-refractivity contribution in [2.45, 2.75) is 6.54 Å². The highest BCUT2D eigenvalue weighted by Gasteiger charge is 2.12. The molecule has 5 nitrogen and oxygen atoms in total. The third kappa shape index (κ3) is 5.62. The Morgan fingerprint density at radius 3 is 2.56 bits per heavy atom. The van der Waals surface area contributed by atoms with Crippen molar-refractivity contribution < 1.29 is 9.53 Å².